The molecule has 1 unspecified atom stereocenters. The Morgan fingerprint density at radius 1 is 1.39 bits per heavy atom. The van der Waals surface area contributed by atoms with Crippen LogP contribution in [0.1, 0.15) is 12.5 Å². The number of carbonyl (C=O) groups excluding carboxylic acids is 2. The van der Waals surface area contributed by atoms with E-state index in [0.717, 1.165) is 5.56 Å². The van der Waals surface area contributed by atoms with Gasteiger partial charge in [0, 0.05) is 6.42 Å². The molecule has 0 bridgehead atoms. The van der Waals surface area contributed by atoms with E-state index in [1.54, 1.807) is 19.1 Å². The van der Waals surface area contributed by atoms with Gasteiger partial charge in [-0.05, 0) is 24.6 Å². The number of phenols is 1. The normalized spacial score (nSPS) is 11.6. The van der Waals surface area contributed by atoms with E-state index < -0.39 is 18.0 Å². The minimum atomic E-state index is -0.839. The molecule has 98 valence electrons. The van der Waals surface area contributed by atoms with Crippen LogP contribution in [0.3, 0.4) is 0 Å². The molecule has 0 saturated heterocycles. The number of ether oxygens (including phenoxy) is 1. The fourth-order valence-corrected chi connectivity index (χ4v) is 1.41. The third-order valence-electron chi connectivity index (χ3n) is 2.29. The smallest absolute Gasteiger partial charge is 0.407 e. The summed E-state index contributed by atoms with van der Waals surface area (Å²) in [4.78, 5) is 22.4. The standard InChI is InChI=1S/C12H16N2O4/c1-2-18-12(17)14-10(11(13)16)7-8-3-5-9(15)6-4-8/h3-6,10,15H,2,7H2,1H3,(H2,13,16)(H,14,17). The molecule has 1 aromatic carbocycles. The number of phenolic OH excluding ortho intramolecular Hbond substituents is 1. The van der Waals surface area contributed by atoms with E-state index >= 15 is 0 Å². The summed E-state index contributed by atoms with van der Waals surface area (Å²) in [6.07, 6.45) is -0.436. The Bertz CT molecular complexity index is 417. The first-order chi connectivity index (χ1) is 8.52. The highest BCUT2D eigenvalue weighted by atomic mass is 16.5. The van der Waals surface area contributed by atoms with Crippen LogP contribution in [0.5, 0.6) is 5.75 Å². The minimum Gasteiger partial charge on any atom is -0.508 e. The van der Waals surface area contributed by atoms with Crippen LogP contribution in [0, 0.1) is 0 Å². The topological polar surface area (TPSA) is 102 Å². The summed E-state index contributed by atoms with van der Waals surface area (Å²) in [7, 11) is 0. The molecule has 0 heterocycles. The first-order valence-electron chi connectivity index (χ1n) is 5.53. The van der Waals surface area contributed by atoms with Crippen molar-refractivity contribution in [2.75, 3.05) is 6.61 Å². The number of hydrogen-bond acceptors (Lipinski definition) is 4. The van der Waals surface area contributed by atoms with Gasteiger partial charge in [0.2, 0.25) is 5.91 Å². The number of benzene rings is 1. The van der Waals surface area contributed by atoms with Crippen molar-refractivity contribution in [3.63, 3.8) is 0 Å². The summed E-state index contributed by atoms with van der Waals surface area (Å²) in [5.74, 6) is -0.510. The molecule has 0 saturated carbocycles. The maximum Gasteiger partial charge on any atom is 0.407 e. The lowest BCUT2D eigenvalue weighted by molar-refractivity contribution is -0.119. The second kappa shape index (κ2) is 6.48. The Balaban J connectivity index is 2.65. The Morgan fingerprint density at radius 3 is 2.50 bits per heavy atom. The van der Waals surface area contributed by atoms with Gasteiger partial charge in [0.15, 0.2) is 0 Å². The van der Waals surface area contributed by atoms with E-state index in [9.17, 15) is 9.59 Å². The molecule has 6 heteroatoms. The third kappa shape index (κ3) is 4.32. The van der Waals surface area contributed by atoms with Crippen molar-refractivity contribution in [1.29, 1.82) is 0 Å². The summed E-state index contributed by atoms with van der Waals surface area (Å²) < 4.78 is 4.68. The number of primary amides is 1. The fourth-order valence-electron chi connectivity index (χ4n) is 1.41. The first kappa shape index (κ1) is 13.8. The van der Waals surface area contributed by atoms with Crippen molar-refractivity contribution in [2.45, 2.75) is 19.4 Å². The van der Waals surface area contributed by atoms with Crippen molar-refractivity contribution in [3.8, 4) is 5.75 Å². The van der Waals surface area contributed by atoms with Crippen molar-refractivity contribution >= 4 is 12.0 Å². The van der Waals surface area contributed by atoms with Gasteiger partial charge in [0.05, 0.1) is 6.61 Å². The lowest BCUT2D eigenvalue weighted by Gasteiger charge is -2.15. The van der Waals surface area contributed by atoms with Gasteiger partial charge in [-0.15, -0.1) is 0 Å². The SMILES string of the molecule is CCOC(=O)NC(Cc1ccc(O)cc1)C(N)=O. The molecule has 0 aliphatic carbocycles. The predicted octanol–water partition coefficient (Wildman–Crippen LogP) is 0.535. The molecule has 0 aliphatic rings. The summed E-state index contributed by atoms with van der Waals surface area (Å²) >= 11 is 0. The average Bonchev–Trinajstić information content (AvgIpc) is 2.31. The zero-order valence-corrected chi connectivity index (χ0v) is 10.1. The van der Waals surface area contributed by atoms with Crippen LogP contribution >= 0.6 is 0 Å². The average molecular weight is 252 g/mol. The quantitative estimate of drug-likeness (QED) is 0.711. The lowest BCUT2D eigenvalue weighted by Crippen LogP contribution is -2.46. The van der Waals surface area contributed by atoms with Gasteiger partial charge in [0.25, 0.3) is 0 Å². The van der Waals surface area contributed by atoms with Crippen LogP contribution in [-0.2, 0) is 16.0 Å². The molecule has 4 N–H and O–H groups in total. The predicted molar refractivity (Wildman–Crippen MR) is 65.0 cm³/mol. The zero-order chi connectivity index (χ0) is 13.5. The highest BCUT2D eigenvalue weighted by Gasteiger charge is 2.19. The van der Waals surface area contributed by atoms with E-state index in [0.29, 0.717) is 0 Å². The number of nitrogens with two attached hydrogens (primary N) is 1. The van der Waals surface area contributed by atoms with Gasteiger partial charge in [0.1, 0.15) is 11.8 Å². The van der Waals surface area contributed by atoms with Crippen LogP contribution in [0.15, 0.2) is 24.3 Å². The van der Waals surface area contributed by atoms with Crippen molar-refractivity contribution in [3.05, 3.63) is 29.8 Å². The Morgan fingerprint density at radius 2 is 2.00 bits per heavy atom. The van der Waals surface area contributed by atoms with Crippen LogP contribution in [-0.4, -0.2) is 29.8 Å². The van der Waals surface area contributed by atoms with Gasteiger partial charge in [-0.3, -0.25) is 4.79 Å². The third-order valence-corrected chi connectivity index (χ3v) is 2.29. The molecule has 1 aromatic rings. The molecular formula is C12H16N2O4. The van der Waals surface area contributed by atoms with Crippen LogP contribution < -0.4 is 11.1 Å². The Hall–Kier alpha value is -2.24. The molecule has 0 aromatic heterocycles. The summed E-state index contributed by atoms with van der Waals surface area (Å²) in [6, 6.07) is 5.46. The van der Waals surface area contributed by atoms with E-state index in [2.05, 4.69) is 10.1 Å². The molecule has 0 fully saturated rings. The molecule has 1 atom stereocenters. The summed E-state index contributed by atoms with van der Waals surface area (Å²) in [6.45, 7) is 1.88. The highest BCUT2D eigenvalue weighted by molar-refractivity contribution is 5.84. The van der Waals surface area contributed by atoms with Gasteiger partial charge in [-0.2, -0.15) is 0 Å². The summed E-state index contributed by atoms with van der Waals surface area (Å²) in [5.41, 5.74) is 5.97. The second-order valence-electron chi connectivity index (χ2n) is 3.69. The largest absolute Gasteiger partial charge is 0.508 e. The molecule has 0 spiro atoms. The number of rotatable bonds is 5. The van der Waals surface area contributed by atoms with Crippen LogP contribution in [0.4, 0.5) is 4.79 Å². The number of hydrogen-bond donors (Lipinski definition) is 3. The fraction of sp³-hybridized carbons (Fsp3) is 0.333. The maximum absolute atomic E-state index is 11.2. The second-order valence-corrected chi connectivity index (χ2v) is 3.69. The zero-order valence-electron chi connectivity index (χ0n) is 10.1. The monoisotopic (exact) mass is 252 g/mol. The molecule has 1 rings (SSSR count). The Labute approximate surface area is 105 Å². The van der Waals surface area contributed by atoms with Crippen LogP contribution in [0.2, 0.25) is 0 Å². The van der Waals surface area contributed by atoms with E-state index in [-0.39, 0.29) is 18.8 Å². The molecule has 0 aliphatic heterocycles. The number of nitrogens with one attached hydrogen (secondary N) is 1. The summed E-state index contributed by atoms with van der Waals surface area (Å²) in [5, 5.41) is 11.5. The van der Waals surface area contributed by atoms with E-state index in [1.165, 1.54) is 12.1 Å². The molecule has 18 heavy (non-hydrogen) atoms. The van der Waals surface area contributed by atoms with E-state index in [1.807, 2.05) is 0 Å². The highest BCUT2D eigenvalue weighted by Crippen LogP contribution is 2.11. The minimum absolute atomic E-state index is 0.132. The van der Waals surface area contributed by atoms with Gasteiger partial charge < -0.3 is 20.9 Å². The van der Waals surface area contributed by atoms with Gasteiger partial charge >= 0.3 is 6.09 Å². The number of alkyl carbamates (subject to hydrolysis) is 1. The van der Waals surface area contributed by atoms with E-state index in [4.69, 9.17) is 10.8 Å². The number of aromatic hydroxyl groups is 1. The lowest BCUT2D eigenvalue weighted by atomic mass is 10.1. The number of carbonyl (C=O) groups is 2. The van der Waals surface area contributed by atoms with Gasteiger partial charge in [-0.25, -0.2) is 4.79 Å². The van der Waals surface area contributed by atoms with Crippen LogP contribution in [0.25, 0.3) is 0 Å². The molecular weight excluding hydrogens is 236 g/mol. The van der Waals surface area contributed by atoms with Crippen molar-refractivity contribution in [2.24, 2.45) is 5.73 Å². The first-order valence-corrected chi connectivity index (χ1v) is 5.53. The van der Waals surface area contributed by atoms with Crippen molar-refractivity contribution < 1.29 is 19.4 Å². The van der Waals surface area contributed by atoms with Gasteiger partial charge in [-0.1, -0.05) is 12.1 Å². The van der Waals surface area contributed by atoms with Crippen molar-refractivity contribution in [1.82, 2.24) is 5.32 Å². The molecule has 2 amide bonds. The molecule has 6 nitrogen and oxygen atoms in total. The Kier molecular flexibility index (Phi) is 4.98. The molecule has 0 radical (unpaired) electrons. The number of amides is 2. The maximum atomic E-state index is 11.2.